The fourth-order valence-corrected chi connectivity index (χ4v) is 2.60. The van der Waals surface area contributed by atoms with Crippen molar-refractivity contribution in [1.29, 1.82) is 0 Å². The Morgan fingerprint density at radius 3 is 2.82 bits per heavy atom. The molecule has 0 bridgehead atoms. The van der Waals surface area contributed by atoms with Crippen molar-refractivity contribution in [3.05, 3.63) is 41.2 Å². The van der Waals surface area contributed by atoms with Crippen LogP contribution >= 0.6 is 0 Å². The highest BCUT2D eigenvalue weighted by molar-refractivity contribution is 6.24. The van der Waals surface area contributed by atoms with E-state index in [1.54, 1.807) is 0 Å². The number of rotatable bonds is 0. The largest absolute Gasteiger partial charge is 0.492 e. The molecular weight excluding hydrogens is 212 g/mol. The Labute approximate surface area is 101 Å². The average molecular weight is 228 g/mol. The quantitative estimate of drug-likeness (QED) is 0.681. The van der Waals surface area contributed by atoms with Crippen LogP contribution in [0.4, 0.5) is 0 Å². The molecule has 17 heavy (non-hydrogen) atoms. The Hall–Kier alpha value is -1.57. The van der Waals surface area contributed by atoms with E-state index in [2.05, 4.69) is 0 Å². The second kappa shape index (κ2) is 3.46. The maximum Gasteiger partial charge on any atom is 0.172 e. The average Bonchev–Trinajstić information content (AvgIpc) is 2.33. The monoisotopic (exact) mass is 228 g/mol. The van der Waals surface area contributed by atoms with E-state index in [0.29, 0.717) is 6.61 Å². The van der Waals surface area contributed by atoms with E-state index >= 15 is 0 Å². The molecule has 1 aliphatic heterocycles. The lowest BCUT2D eigenvalue weighted by Gasteiger charge is -2.34. The molecule has 1 aliphatic carbocycles. The number of allylic oxidation sites excluding steroid dienone is 2. The Morgan fingerprint density at radius 1 is 1.24 bits per heavy atom. The third kappa shape index (κ3) is 1.51. The molecular formula is C15H16O2. The highest BCUT2D eigenvalue weighted by Crippen LogP contribution is 2.43. The maximum atomic E-state index is 12.5. The molecule has 0 fully saturated rings. The summed E-state index contributed by atoms with van der Waals surface area (Å²) in [5, 5.41) is 0. The topological polar surface area (TPSA) is 26.3 Å². The van der Waals surface area contributed by atoms with Gasteiger partial charge < -0.3 is 4.74 Å². The molecule has 2 heteroatoms. The number of Topliss-reactive ketones (excluding diaryl/α,β-unsaturated/α-hetero) is 1. The SMILES string of the molecule is CC1(C)CCC2=C(C1=O)c1ccccc1CO2. The predicted octanol–water partition coefficient (Wildman–Crippen LogP) is 3.32. The summed E-state index contributed by atoms with van der Waals surface area (Å²) >= 11 is 0. The lowest BCUT2D eigenvalue weighted by atomic mass is 9.72. The summed E-state index contributed by atoms with van der Waals surface area (Å²) in [6, 6.07) is 8.05. The minimum atomic E-state index is -0.257. The van der Waals surface area contributed by atoms with Gasteiger partial charge >= 0.3 is 0 Å². The summed E-state index contributed by atoms with van der Waals surface area (Å²) in [6.45, 7) is 4.65. The summed E-state index contributed by atoms with van der Waals surface area (Å²) in [7, 11) is 0. The number of carbonyl (C=O) groups excluding carboxylic acids is 1. The van der Waals surface area contributed by atoms with E-state index in [9.17, 15) is 4.79 Å². The Balaban J connectivity index is 2.18. The van der Waals surface area contributed by atoms with Gasteiger partial charge in [-0.05, 0) is 17.5 Å². The van der Waals surface area contributed by atoms with Crippen molar-refractivity contribution in [2.75, 3.05) is 0 Å². The summed E-state index contributed by atoms with van der Waals surface area (Å²) < 4.78 is 5.73. The number of fused-ring (bicyclic) bond motifs is 2. The van der Waals surface area contributed by atoms with Gasteiger partial charge in [-0.3, -0.25) is 4.79 Å². The van der Waals surface area contributed by atoms with E-state index in [1.807, 2.05) is 38.1 Å². The zero-order valence-electron chi connectivity index (χ0n) is 10.2. The maximum absolute atomic E-state index is 12.5. The molecule has 2 nitrogen and oxygen atoms in total. The lowest BCUT2D eigenvalue weighted by molar-refractivity contribution is -0.122. The molecule has 0 amide bonds. The van der Waals surface area contributed by atoms with Crippen LogP contribution in [0.2, 0.25) is 0 Å². The molecule has 0 unspecified atom stereocenters. The molecule has 0 radical (unpaired) electrons. The van der Waals surface area contributed by atoms with Crippen LogP contribution < -0.4 is 0 Å². The van der Waals surface area contributed by atoms with Crippen LogP contribution in [0.3, 0.4) is 0 Å². The van der Waals surface area contributed by atoms with E-state index in [1.165, 1.54) is 0 Å². The van der Waals surface area contributed by atoms with Crippen LogP contribution in [0.1, 0.15) is 37.8 Å². The smallest absolute Gasteiger partial charge is 0.172 e. The van der Waals surface area contributed by atoms with Crippen molar-refractivity contribution in [3.8, 4) is 0 Å². The molecule has 1 aromatic rings. The second-order valence-electron chi connectivity index (χ2n) is 5.46. The molecule has 1 heterocycles. The van der Waals surface area contributed by atoms with E-state index in [-0.39, 0.29) is 11.2 Å². The molecule has 0 saturated carbocycles. The van der Waals surface area contributed by atoms with Crippen molar-refractivity contribution in [1.82, 2.24) is 0 Å². The zero-order chi connectivity index (χ0) is 12.0. The summed E-state index contributed by atoms with van der Waals surface area (Å²) in [4.78, 5) is 12.5. The lowest BCUT2D eigenvalue weighted by Crippen LogP contribution is -2.32. The highest BCUT2D eigenvalue weighted by Gasteiger charge is 2.39. The number of ketones is 1. The first-order chi connectivity index (χ1) is 8.09. The number of ether oxygens (including phenoxy) is 1. The second-order valence-corrected chi connectivity index (χ2v) is 5.46. The van der Waals surface area contributed by atoms with E-state index in [0.717, 1.165) is 35.3 Å². The summed E-state index contributed by atoms with van der Waals surface area (Å²) in [6.07, 6.45) is 1.76. The van der Waals surface area contributed by atoms with Crippen molar-refractivity contribution in [3.63, 3.8) is 0 Å². The van der Waals surface area contributed by atoms with Gasteiger partial charge in [0.25, 0.3) is 0 Å². The molecule has 0 atom stereocenters. The van der Waals surface area contributed by atoms with Gasteiger partial charge in [-0.1, -0.05) is 38.1 Å². The number of hydrogen-bond acceptors (Lipinski definition) is 2. The molecule has 0 N–H and O–H groups in total. The molecule has 0 spiro atoms. The Morgan fingerprint density at radius 2 is 2.00 bits per heavy atom. The molecule has 88 valence electrons. The van der Waals surface area contributed by atoms with Crippen LogP contribution in [-0.2, 0) is 16.1 Å². The predicted molar refractivity (Wildman–Crippen MR) is 66.2 cm³/mol. The molecule has 0 saturated heterocycles. The number of hydrogen-bond donors (Lipinski definition) is 0. The first kappa shape index (κ1) is 10.6. The van der Waals surface area contributed by atoms with Gasteiger partial charge in [0.1, 0.15) is 12.4 Å². The Kier molecular flexibility index (Phi) is 2.15. The molecule has 0 aromatic heterocycles. The van der Waals surface area contributed by atoms with E-state index < -0.39 is 0 Å². The normalized spacial score (nSPS) is 21.6. The van der Waals surface area contributed by atoms with Crippen molar-refractivity contribution in [2.24, 2.45) is 5.41 Å². The fraction of sp³-hybridized carbons (Fsp3) is 0.400. The van der Waals surface area contributed by atoms with Crippen molar-refractivity contribution in [2.45, 2.75) is 33.3 Å². The Bertz CT molecular complexity index is 523. The zero-order valence-corrected chi connectivity index (χ0v) is 10.2. The van der Waals surface area contributed by atoms with Gasteiger partial charge in [-0.15, -0.1) is 0 Å². The first-order valence-corrected chi connectivity index (χ1v) is 6.08. The van der Waals surface area contributed by atoms with Gasteiger partial charge in [-0.2, -0.15) is 0 Å². The van der Waals surface area contributed by atoms with Crippen LogP contribution in [0.25, 0.3) is 5.57 Å². The van der Waals surface area contributed by atoms with Crippen LogP contribution in [0.5, 0.6) is 0 Å². The van der Waals surface area contributed by atoms with Crippen molar-refractivity contribution < 1.29 is 9.53 Å². The van der Waals surface area contributed by atoms with Gasteiger partial charge in [0.15, 0.2) is 5.78 Å². The summed E-state index contributed by atoms with van der Waals surface area (Å²) in [5.74, 6) is 1.12. The third-order valence-electron chi connectivity index (χ3n) is 3.79. The molecule has 2 aliphatic rings. The minimum absolute atomic E-state index is 0.228. The molecule has 1 aromatic carbocycles. The minimum Gasteiger partial charge on any atom is -0.492 e. The standard InChI is InChI=1S/C15H16O2/c1-15(2)8-7-12-13(14(15)16)11-6-4-3-5-10(11)9-17-12/h3-6H,7-9H2,1-2H3. The van der Waals surface area contributed by atoms with Crippen LogP contribution in [-0.4, -0.2) is 5.78 Å². The first-order valence-electron chi connectivity index (χ1n) is 6.08. The van der Waals surface area contributed by atoms with Crippen LogP contribution in [0, 0.1) is 5.41 Å². The van der Waals surface area contributed by atoms with Gasteiger partial charge in [-0.25, -0.2) is 0 Å². The van der Waals surface area contributed by atoms with Crippen molar-refractivity contribution >= 4 is 11.4 Å². The van der Waals surface area contributed by atoms with Gasteiger partial charge in [0, 0.05) is 11.8 Å². The summed E-state index contributed by atoms with van der Waals surface area (Å²) in [5.41, 5.74) is 2.76. The highest BCUT2D eigenvalue weighted by atomic mass is 16.5. The fourth-order valence-electron chi connectivity index (χ4n) is 2.60. The third-order valence-corrected chi connectivity index (χ3v) is 3.79. The van der Waals surface area contributed by atoms with Gasteiger partial charge in [0.05, 0.1) is 5.57 Å². The van der Waals surface area contributed by atoms with Gasteiger partial charge in [0.2, 0.25) is 0 Å². The number of carbonyl (C=O) groups is 1. The molecule has 3 rings (SSSR count). The number of benzene rings is 1. The van der Waals surface area contributed by atoms with E-state index in [4.69, 9.17) is 4.74 Å². The van der Waals surface area contributed by atoms with Crippen LogP contribution in [0.15, 0.2) is 30.0 Å².